The van der Waals surface area contributed by atoms with E-state index >= 15 is 0 Å². The first-order chi connectivity index (χ1) is 10.8. The zero-order valence-electron chi connectivity index (χ0n) is 12.0. The SMILES string of the molecule is Brc1ccc2nc(N3CCOC(c4ccccc4)C3)[nH]c2c1. The van der Waals surface area contributed by atoms with Gasteiger partial charge in [-0.25, -0.2) is 4.98 Å². The van der Waals surface area contributed by atoms with Crippen LogP contribution >= 0.6 is 15.9 Å². The van der Waals surface area contributed by atoms with Gasteiger partial charge in [0.15, 0.2) is 0 Å². The van der Waals surface area contributed by atoms with Crippen LogP contribution in [0.3, 0.4) is 0 Å². The molecule has 1 aliphatic heterocycles. The number of hydrogen-bond acceptors (Lipinski definition) is 3. The summed E-state index contributed by atoms with van der Waals surface area (Å²) in [6, 6.07) is 16.5. The third-order valence-electron chi connectivity index (χ3n) is 3.97. The Kier molecular flexibility index (Phi) is 3.60. The molecule has 1 atom stereocenters. The van der Waals surface area contributed by atoms with Gasteiger partial charge in [0.2, 0.25) is 5.95 Å². The lowest BCUT2D eigenvalue weighted by Crippen LogP contribution is -2.39. The van der Waals surface area contributed by atoms with E-state index in [1.165, 1.54) is 5.56 Å². The Balaban J connectivity index is 1.61. The van der Waals surface area contributed by atoms with Crippen LogP contribution in [0.1, 0.15) is 11.7 Å². The van der Waals surface area contributed by atoms with Crippen molar-refractivity contribution in [2.45, 2.75) is 6.10 Å². The van der Waals surface area contributed by atoms with Gasteiger partial charge in [0.1, 0.15) is 6.10 Å². The maximum Gasteiger partial charge on any atom is 0.204 e. The molecular weight excluding hydrogens is 342 g/mol. The third-order valence-corrected chi connectivity index (χ3v) is 4.46. The summed E-state index contributed by atoms with van der Waals surface area (Å²) in [6.07, 6.45) is 0.0925. The number of aromatic nitrogens is 2. The number of aromatic amines is 1. The number of fused-ring (bicyclic) bond motifs is 1. The van der Waals surface area contributed by atoms with Crippen molar-refractivity contribution in [3.05, 3.63) is 58.6 Å². The summed E-state index contributed by atoms with van der Waals surface area (Å²) in [5.41, 5.74) is 3.25. The van der Waals surface area contributed by atoms with Crippen LogP contribution in [-0.4, -0.2) is 29.7 Å². The number of ether oxygens (including phenoxy) is 1. The molecule has 3 aromatic rings. The van der Waals surface area contributed by atoms with E-state index in [9.17, 15) is 0 Å². The highest BCUT2D eigenvalue weighted by Gasteiger charge is 2.23. The maximum absolute atomic E-state index is 5.92. The first kappa shape index (κ1) is 13.8. The Hall–Kier alpha value is -1.85. The molecule has 2 aromatic carbocycles. The van der Waals surface area contributed by atoms with Crippen LogP contribution in [0.4, 0.5) is 5.95 Å². The molecule has 0 saturated carbocycles. The second-order valence-corrected chi connectivity index (χ2v) is 6.35. The monoisotopic (exact) mass is 357 g/mol. The molecule has 0 amide bonds. The average Bonchev–Trinajstić information content (AvgIpc) is 2.99. The molecule has 5 heteroatoms. The zero-order chi connectivity index (χ0) is 14.9. The summed E-state index contributed by atoms with van der Waals surface area (Å²) in [4.78, 5) is 10.4. The number of halogens is 1. The molecule has 22 heavy (non-hydrogen) atoms. The molecule has 1 aromatic heterocycles. The van der Waals surface area contributed by atoms with Gasteiger partial charge < -0.3 is 14.6 Å². The van der Waals surface area contributed by atoms with Crippen molar-refractivity contribution in [3.8, 4) is 0 Å². The van der Waals surface area contributed by atoms with Crippen LogP contribution in [0.15, 0.2) is 53.0 Å². The van der Waals surface area contributed by atoms with Crippen LogP contribution in [-0.2, 0) is 4.74 Å². The van der Waals surface area contributed by atoms with Crippen molar-refractivity contribution in [2.24, 2.45) is 0 Å². The third kappa shape index (κ3) is 2.62. The summed E-state index contributed by atoms with van der Waals surface area (Å²) in [7, 11) is 0. The minimum Gasteiger partial charge on any atom is -0.370 e. The largest absolute Gasteiger partial charge is 0.370 e. The van der Waals surface area contributed by atoms with E-state index in [2.05, 4.69) is 56.1 Å². The molecular formula is C17H16BrN3O. The van der Waals surface area contributed by atoms with Gasteiger partial charge in [-0.05, 0) is 23.8 Å². The van der Waals surface area contributed by atoms with E-state index in [4.69, 9.17) is 9.72 Å². The quantitative estimate of drug-likeness (QED) is 0.755. The van der Waals surface area contributed by atoms with E-state index in [0.717, 1.165) is 34.5 Å². The van der Waals surface area contributed by atoms with Crippen molar-refractivity contribution in [1.82, 2.24) is 9.97 Å². The molecule has 4 rings (SSSR count). The fourth-order valence-electron chi connectivity index (χ4n) is 2.83. The summed E-state index contributed by atoms with van der Waals surface area (Å²) < 4.78 is 6.97. The topological polar surface area (TPSA) is 41.2 Å². The molecule has 0 spiro atoms. The summed E-state index contributed by atoms with van der Waals surface area (Å²) >= 11 is 3.50. The fourth-order valence-corrected chi connectivity index (χ4v) is 3.19. The zero-order valence-corrected chi connectivity index (χ0v) is 13.6. The molecule has 1 N–H and O–H groups in total. The van der Waals surface area contributed by atoms with Crippen LogP contribution in [0.5, 0.6) is 0 Å². The molecule has 1 saturated heterocycles. The number of morpholine rings is 1. The van der Waals surface area contributed by atoms with Crippen molar-refractivity contribution in [3.63, 3.8) is 0 Å². The number of H-pyrrole nitrogens is 1. The molecule has 0 radical (unpaired) electrons. The van der Waals surface area contributed by atoms with Crippen LogP contribution in [0.25, 0.3) is 11.0 Å². The Morgan fingerprint density at radius 1 is 1.18 bits per heavy atom. The Morgan fingerprint density at radius 2 is 2.05 bits per heavy atom. The number of nitrogens with zero attached hydrogens (tertiary/aromatic N) is 2. The van der Waals surface area contributed by atoms with E-state index < -0.39 is 0 Å². The highest BCUT2D eigenvalue weighted by atomic mass is 79.9. The Labute approximate surface area is 137 Å². The average molecular weight is 358 g/mol. The van der Waals surface area contributed by atoms with Gasteiger partial charge in [-0.1, -0.05) is 46.3 Å². The minimum absolute atomic E-state index is 0.0925. The smallest absolute Gasteiger partial charge is 0.204 e. The predicted octanol–water partition coefficient (Wildman–Crippen LogP) is 3.90. The van der Waals surface area contributed by atoms with Crippen molar-refractivity contribution in [2.75, 3.05) is 24.6 Å². The van der Waals surface area contributed by atoms with Gasteiger partial charge in [-0.3, -0.25) is 0 Å². The van der Waals surface area contributed by atoms with Crippen molar-refractivity contribution < 1.29 is 4.74 Å². The highest BCUT2D eigenvalue weighted by molar-refractivity contribution is 9.10. The molecule has 2 heterocycles. The lowest BCUT2D eigenvalue weighted by atomic mass is 10.1. The van der Waals surface area contributed by atoms with Gasteiger partial charge in [0, 0.05) is 11.0 Å². The first-order valence-electron chi connectivity index (χ1n) is 7.36. The van der Waals surface area contributed by atoms with E-state index in [-0.39, 0.29) is 6.10 Å². The standard InChI is InChI=1S/C17H16BrN3O/c18-13-6-7-14-15(10-13)20-17(19-14)21-8-9-22-16(11-21)12-4-2-1-3-5-12/h1-7,10,16H,8-9,11H2,(H,19,20). The summed E-state index contributed by atoms with van der Waals surface area (Å²) in [6.45, 7) is 2.37. The first-order valence-corrected chi connectivity index (χ1v) is 8.16. The van der Waals surface area contributed by atoms with E-state index in [1.807, 2.05) is 18.2 Å². The second kappa shape index (κ2) is 5.74. The van der Waals surface area contributed by atoms with Gasteiger partial charge in [0.25, 0.3) is 0 Å². The maximum atomic E-state index is 5.92. The summed E-state index contributed by atoms with van der Waals surface area (Å²) in [5.74, 6) is 0.914. The van der Waals surface area contributed by atoms with Gasteiger partial charge in [-0.15, -0.1) is 0 Å². The number of nitrogens with one attached hydrogen (secondary N) is 1. The minimum atomic E-state index is 0.0925. The number of anilines is 1. The normalized spacial score (nSPS) is 18.8. The molecule has 1 aliphatic rings. The van der Waals surface area contributed by atoms with Crippen molar-refractivity contribution in [1.29, 1.82) is 0 Å². The molecule has 112 valence electrons. The molecule has 4 nitrogen and oxygen atoms in total. The van der Waals surface area contributed by atoms with Crippen LogP contribution < -0.4 is 4.90 Å². The molecule has 0 aliphatic carbocycles. The van der Waals surface area contributed by atoms with E-state index in [0.29, 0.717) is 6.61 Å². The predicted molar refractivity (Wildman–Crippen MR) is 91.1 cm³/mol. The number of benzene rings is 2. The van der Waals surface area contributed by atoms with Gasteiger partial charge >= 0.3 is 0 Å². The van der Waals surface area contributed by atoms with E-state index in [1.54, 1.807) is 0 Å². The van der Waals surface area contributed by atoms with Crippen LogP contribution in [0, 0.1) is 0 Å². The number of imidazole rings is 1. The highest BCUT2D eigenvalue weighted by Crippen LogP contribution is 2.26. The summed E-state index contributed by atoms with van der Waals surface area (Å²) in [5, 5.41) is 0. The second-order valence-electron chi connectivity index (χ2n) is 5.44. The Morgan fingerprint density at radius 3 is 2.91 bits per heavy atom. The fraction of sp³-hybridized carbons (Fsp3) is 0.235. The molecule has 0 bridgehead atoms. The molecule has 1 unspecified atom stereocenters. The van der Waals surface area contributed by atoms with Crippen LogP contribution in [0.2, 0.25) is 0 Å². The Bertz CT molecular complexity index is 787. The number of hydrogen-bond donors (Lipinski definition) is 1. The lowest BCUT2D eigenvalue weighted by molar-refractivity contribution is 0.0393. The van der Waals surface area contributed by atoms with Gasteiger partial charge in [-0.2, -0.15) is 0 Å². The number of rotatable bonds is 2. The van der Waals surface area contributed by atoms with Gasteiger partial charge in [0.05, 0.1) is 24.2 Å². The van der Waals surface area contributed by atoms with Crippen molar-refractivity contribution >= 4 is 32.9 Å². The lowest BCUT2D eigenvalue weighted by Gasteiger charge is -2.32. The molecule has 1 fully saturated rings.